The number of pyridine rings is 1. The molecule has 1 aliphatic rings. The average molecular weight is 305 g/mol. The number of rotatable bonds is 3. The van der Waals surface area contributed by atoms with E-state index in [4.69, 9.17) is 0 Å². The number of aromatic nitrogens is 2. The molecule has 3 heterocycles. The van der Waals surface area contributed by atoms with Crippen LogP contribution in [-0.2, 0) is 0 Å². The van der Waals surface area contributed by atoms with Crippen LogP contribution in [0, 0.1) is 6.92 Å². The van der Waals surface area contributed by atoms with E-state index in [2.05, 4.69) is 58.2 Å². The van der Waals surface area contributed by atoms with E-state index in [0.29, 0.717) is 6.04 Å². The fourth-order valence-electron chi connectivity index (χ4n) is 3.93. The van der Waals surface area contributed by atoms with E-state index in [0.717, 1.165) is 0 Å². The molecule has 0 radical (unpaired) electrons. The van der Waals surface area contributed by atoms with E-state index in [1.54, 1.807) is 0 Å². The lowest BCUT2D eigenvalue weighted by Gasteiger charge is -2.35. The first-order valence-corrected chi connectivity index (χ1v) is 8.56. The number of aromatic amines is 1. The molecule has 3 nitrogen and oxygen atoms in total. The maximum atomic E-state index is 4.38. The Morgan fingerprint density at radius 3 is 2.65 bits per heavy atom. The predicted octanol–water partition coefficient (Wildman–Crippen LogP) is 4.45. The van der Waals surface area contributed by atoms with Gasteiger partial charge in [0, 0.05) is 34.6 Å². The minimum Gasteiger partial charge on any atom is -0.358 e. The summed E-state index contributed by atoms with van der Waals surface area (Å²) in [7, 11) is 0. The number of nitrogens with zero attached hydrogens (tertiary/aromatic N) is 2. The van der Waals surface area contributed by atoms with Crippen molar-refractivity contribution >= 4 is 10.9 Å². The Labute approximate surface area is 137 Å². The van der Waals surface area contributed by atoms with E-state index in [-0.39, 0.29) is 0 Å². The number of benzene rings is 1. The van der Waals surface area contributed by atoms with Crippen LogP contribution in [0.15, 0.2) is 48.8 Å². The lowest BCUT2D eigenvalue weighted by Crippen LogP contribution is -2.34. The van der Waals surface area contributed by atoms with E-state index >= 15 is 0 Å². The van der Waals surface area contributed by atoms with Gasteiger partial charge in [-0.2, -0.15) is 0 Å². The van der Waals surface area contributed by atoms with Gasteiger partial charge in [-0.05, 0) is 50.6 Å². The third-order valence-corrected chi connectivity index (χ3v) is 4.97. The van der Waals surface area contributed by atoms with Gasteiger partial charge in [-0.25, -0.2) is 0 Å². The van der Waals surface area contributed by atoms with Crippen LogP contribution in [0.25, 0.3) is 10.9 Å². The van der Waals surface area contributed by atoms with Crippen LogP contribution in [0.4, 0.5) is 0 Å². The highest BCUT2D eigenvalue weighted by molar-refractivity contribution is 5.85. The summed E-state index contributed by atoms with van der Waals surface area (Å²) >= 11 is 0. The van der Waals surface area contributed by atoms with E-state index in [1.807, 2.05) is 12.4 Å². The summed E-state index contributed by atoms with van der Waals surface area (Å²) in [6.45, 7) is 4.53. The maximum Gasteiger partial charge on any atom is 0.0640 e. The molecule has 1 aliphatic heterocycles. The molecule has 1 fully saturated rings. The van der Waals surface area contributed by atoms with Crippen LogP contribution in [0.5, 0.6) is 0 Å². The van der Waals surface area contributed by atoms with E-state index < -0.39 is 0 Å². The monoisotopic (exact) mass is 305 g/mol. The Balaban J connectivity index is 1.88. The quantitative estimate of drug-likeness (QED) is 0.775. The molecule has 0 saturated carbocycles. The molecule has 3 heteroatoms. The van der Waals surface area contributed by atoms with Crippen molar-refractivity contribution in [1.29, 1.82) is 0 Å². The van der Waals surface area contributed by atoms with Gasteiger partial charge in [0.2, 0.25) is 0 Å². The third kappa shape index (κ3) is 2.66. The highest BCUT2D eigenvalue weighted by Crippen LogP contribution is 2.37. The van der Waals surface area contributed by atoms with Crippen molar-refractivity contribution in [3.05, 3.63) is 65.6 Å². The number of hydrogen-bond acceptors (Lipinski definition) is 2. The topological polar surface area (TPSA) is 31.9 Å². The van der Waals surface area contributed by atoms with Gasteiger partial charge >= 0.3 is 0 Å². The van der Waals surface area contributed by atoms with Gasteiger partial charge in [-0.3, -0.25) is 9.88 Å². The molecule has 1 aromatic carbocycles. The van der Waals surface area contributed by atoms with Gasteiger partial charge in [0.05, 0.1) is 6.04 Å². The molecule has 4 rings (SSSR count). The lowest BCUT2D eigenvalue weighted by molar-refractivity contribution is 0.187. The minimum atomic E-state index is 0.292. The Kier molecular flexibility index (Phi) is 3.88. The summed E-state index contributed by atoms with van der Waals surface area (Å²) < 4.78 is 0. The molecular formula is C20H23N3. The second-order valence-corrected chi connectivity index (χ2v) is 6.49. The summed E-state index contributed by atoms with van der Waals surface area (Å²) in [6.07, 6.45) is 7.82. The number of aryl methyl sites for hydroxylation is 1. The minimum absolute atomic E-state index is 0.292. The summed E-state index contributed by atoms with van der Waals surface area (Å²) in [5, 5.41) is 1.34. The molecule has 1 atom stereocenters. The fraction of sp³-hybridized carbons (Fsp3) is 0.350. The highest BCUT2D eigenvalue weighted by Gasteiger charge is 2.27. The zero-order valence-corrected chi connectivity index (χ0v) is 13.6. The van der Waals surface area contributed by atoms with E-state index in [1.165, 1.54) is 60.1 Å². The standard InChI is InChI=1S/C20H23N3/c1-15-19(17-9-3-4-10-18(17)22-15)20(16-8-7-11-21-14-16)23-12-5-2-6-13-23/h3-4,7-11,14,20,22H,2,5-6,12-13H2,1H3/t20-/m1/s1. The molecule has 1 saturated heterocycles. The van der Waals surface area contributed by atoms with Gasteiger partial charge < -0.3 is 4.98 Å². The number of fused-ring (bicyclic) bond motifs is 1. The molecular weight excluding hydrogens is 282 g/mol. The van der Waals surface area contributed by atoms with Crippen molar-refractivity contribution in [2.24, 2.45) is 0 Å². The fourth-order valence-corrected chi connectivity index (χ4v) is 3.93. The molecule has 0 bridgehead atoms. The number of hydrogen-bond donors (Lipinski definition) is 1. The van der Waals surface area contributed by atoms with Crippen LogP contribution in [0.3, 0.4) is 0 Å². The molecule has 23 heavy (non-hydrogen) atoms. The van der Waals surface area contributed by atoms with Crippen molar-refractivity contribution in [3.8, 4) is 0 Å². The number of H-pyrrole nitrogens is 1. The largest absolute Gasteiger partial charge is 0.358 e. The average Bonchev–Trinajstić information content (AvgIpc) is 2.94. The maximum absolute atomic E-state index is 4.38. The Hall–Kier alpha value is -2.13. The summed E-state index contributed by atoms with van der Waals surface area (Å²) in [5.74, 6) is 0. The van der Waals surface area contributed by atoms with Gasteiger partial charge in [-0.15, -0.1) is 0 Å². The van der Waals surface area contributed by atoms with Crippen molar-refractivity contribution < 1.29 is 0 Å². The van der Waals surface area contributed by atoms with Crippen molar-refractivity contribution in [2.45, 2.75) is 32.2 Å². The first-order chi connectivity index (χ1) is 11.3. The molecule has 3 aromatic rings. The molecule has 1 N–H and O–H groups in total. The van der Waals surface area contributed by atoms with E-state index in [9.17, 15) is 0 Å². The Bertz CT molecular complexity index is 785. The summed E-state index contributed by atoms with van der Waals surface area (Å²) in [5.41, 5.74) is 5.20. The molecule has 0 spiro atoms. The van der Waals surface area contributed by atoms with Gasteiger partial charge in [0.15, 0.2) is 0 Å². The number of para-hydroxylation sites is 1. The van der Waals surface area contributed by atoms with Crippen LogP contribution in [0.2, 0.25) is 0 Å². The lowest BCUT2D eigenvalue weighted by atomic mass is 9.94. The highest BCUT2D eigenvalue weighted by atomic mass is 15.2. The first kappa shape index (κ1) is 14.5. The van der Waals surface area contributed by atoms with Crippen molar-refractivity contribution in [2.75, 3.05) is 13.1 Å². The molecule has 0 unspecified atom stereocenters. The van der Waals surface area contributed by atoms with Gasteiger partial charge in [0.1, 0.15) is 0 Å². The third-order valence-electron chi connectivity index (χ3n) is 4.97. The summed E-state index contributed by atoms with van der Waals surface area (Å²) in [6, 6.07) is 13.2. The number of piperidine rings is 1. The second-order valence-electron chi connectivity index (χ2n) is 6.49. The normalized spacial score (nSPS) is 17.4. The van der Waals surface area contributed by atoms with Crippen LogP contribution in [-0.4, -0.2) is 28.0 Å². The zero-order valence-electron chi connectivity index (χ0n) is 13.6. The van der Waals surface area contributed by atoms with Crippen molar-refractivity contribution in [3.63, 3.8) is 0 Å². The van der Waals surface area contributed by atoms with Gasteiger partial charge in [0.25, 0.3) is 0 Å². The molecule has 2 aromatic heterocycles. The zero-order chi connectivity index (χ0) is 15.6. The Morgan fingerprint density at radius 1 is 1.04 bits per heavy atom. The van der Waals surface area contributed by atoms with Crippen LogP contribution >= 0.6 is 0 Å². The predicted molar refractivity (Wildman–Crippen MR) is 94.5 cm³/mol. The first-order valence-electron chi connectivity index (χ1n) is 8.56. The van der Waals surface area contributed by atoms with Crippen LogP contribution < -0.4 is 0 Å². The van der Waals surface area contributed by atoms with Gasteiger partial charge in [-0.1, -0.05) is 30.7 Å². The Morgan fingerprint density at radius 2 is 1.87 bits per heavy atom. The second kappa shape index (κ2) is 6.17. The smallest absolute Gasteiger partial charge is 0.0640 e. The molecule has 0 aliphatic carbocycles. The number of nitrogens with one attached hydrogen (secondary N) is 1. The molecule has 0 amide bonds. The summed E-state index contributed by atoms with van der Waals surface area (Å²) in [4.78, 5) is 10.6. The molecule has 118 valence electrons. The van der Waals surface area contributed by atoms with Crippen LogP contribution in [0.1, 0.15) is 42.1 Å². The number of likely N-dealkylation sites (tertiary alicyclic amines) is 1. The van der Waals surface area contributed by atoms with Crippen molar-refractivity contribution in [1.82, 2.24) is 14.9 Å². The SMILES string of the molecule is Cc1[nH]c2ccccc2c1[C@@H](c1cccnc1)N1CCCCC1.